The Morgan fingerprint density at radius 1 is 1.29 bits per heavy atom. The molecule has 2 N–H and O–H groups in total. The highest BCUT2D eigenvalue weighted by Crippen LogP contribution is 2.36. The molecule has 0 aliphatic carbocycles. The molecule has 1 aromatic heterocycles. The smallest absolute Gasteiger partial charge is 0.399 e. The highest BCUT2D eigenvalue weighted by Gasteiger charge is 2.51. The molecule has 1 aromatic rings. The molecule has 1 aliphatic heterocycles. The van der Waals surface area contributed by atoms with Gasteiger partial charge < -0.3 is 15.0 Å². The molecule has 1 saturated heterocycles. The van der Waals surface area contributed by atoms with Crippen LogP contribution in [-0.2, 0) is 9.31 Å². The second-order valence-corrected chi connectivity index (χ2v) is 5.10. The van der Waals surface area contributed by atoms with Crippen molar-refractivity contribution in [3.05, 3.63) is 17.8 Å². The van der Waals surface area contributed by atoms with Gasteiger partial charge in [-0.15, -0.1) is 0 Å². The van der Waals surface area contributed by atoms with E-state index in [0.29, 0.717) is 0 Å². The molecule has 0 amide bonds. The Morgan fingerprint density at radius 2 is 1.88 bits per heavy atom. The molecule has 0 aromatic carbocycles. The molecule has 0 saturated carbocycles. The lowest BCUT2D eigenvalue weighted by Gasteiger charge is -2.32. The van der Waals surface area contributed by atoms with Gasteiger partial charge in [0.15, 0.2) is 0 Å². The van der Waals surface area contributed by atoms with Gasteiger partial charge in [0, 0.05) is 9.81 Å². The Hall–Kier alpha value is -1.07. The zero-order valence-corrected chi connectivity index (χ0v) is 10.4. The molecule has 5 heteroatoms. The molecule has 0 bridgehead atoms. The first-order chi connectivity index (χ1) is 9.78. The van der Waals surface area contributed by atoms with Crippen molar-refractivity contribution in [3.63, 3.8) is 0 Å². The van der Waals surface area contributed by atoms with Gasteiger partial charge in [-0.2, -0.15) is 0 Å². The fourth-order valence-corrected chi connectivity index (χ4v) is 1.55. The Bertz CT molecular complexity index is 603. The van der Waals surface area contributed by atoms with E-state index in [-0.39, 0.29) is 17.3 Å². The summed E-state index contributed by atoms with van der Waals surface area (Å²) in [6.07, 6.45) is 0. The van der Waals surface area contributed by atoms with Crippen molar-refractivity contribution in [2.24, 2.45) is 0 Å². The van der Waals surface area contributed by atoms with Gasteiger partial charge in [0.2, 0.25) is 0 Å². The van der Waals surface area contributed by atoms with Gasteiger partial charge in [-0.3, -0.25) is 0 Å². The summed E-state index contributed by atoms with van der Waals surface area (Å²) in [6, 6.07) is -0.630. The zero-order chi connectivity index (χ0) is 17.1. The van der Waals surface area contributed by atoms with E-state index >= 15 is 0 Å². The minimum atomic E-state index is -2.60. The molecule has 2 rings (SSSR count). The first-order valence-corrected chi connectivity index (χ1v) is 5.40. The number of aryl methyl sites for hydroxylation is 1. The van der Waals surface area contributed by atoms with Crippen LogP contribution >= 0.6 is 0 Å². The van der Waals surface area contributed by atoms with Crippen molar-refractivity contribution in [1.29, 1.82) is 0 Å². The summed E-state index contributed by atoms with van der Waals surface area (Å²) in [6.45, 7) is 4.72. The molecular formula is C12H19BN2O2. The summed E-state index contributed by atoms with van der Waals surface area (Å²) in [5.41, 5.74) is 3.85. The maximum Gasteiger partial charge on any atom is 0.495 e. The van der Waals surface area contributed by atoms with Gasteiger partial charge in [0.25, 0.3) is 0 Å². The molecule has 0 atom stereocenters. The largest absolute Gasteiger partial charge is 0.495 e. The number of hydrogen-bond donors (Lipinski definition) is 1. The van der Waals surface area contributed by atoms with Crippen molar-refractivity contribution >= 4 is 18.4 Å². The van der Waals surface area contributed by atoms with E-state index in [9.17, 15) is 0 Å². The summed E-state index contributed by atoms with van der Waals surface area (Å²) >= 11 is 0. The van der Waals surface area contributed by atoms with Gasteiger partial charge in [-0.1, -0.05) is 0 Å². The predicted molar refractivity (Wildman–Crippen MR) is 69.1 cm³/mol. The number of pyridine rings is 1. The highest BCUT2D eigenvalue weighted by molar-refractivity contribution is 6.62. The zero-order valence-electron chi connectivity index (χ0n) is 15.4. The van der Waals surface area contributed by atoms with Crippen molar-refractivity contribution < 1.29 is 16.2 Å². The number of nitrogens with two attached hydrogens (primary N) is 1. The average Bonchev–Trinajstić information content (AvgIpc) is 2.51. The van der Waals surface area contributed by atoms with Gasteiger partial charge in [0.1, 0.15) is 5.82 Å². The summed E-state index contributed by atoms with van der Waals surface area (Å²) in [5, 5.41) is 0. The van der Waals surface area contributed by atoms with Crippen LogP contribution in [0, 0.1) is 6.85 Å². The van der Waals surface area contributed by atoms with Gasteiger partial charge in [-0.25, -0.2) is 4.98 Å². The number of anilines is 1. The first kappa shape index (κ1) is 7.39. The van der Waals surface area contributed by atoms with Crippen LogP contribution in [0.25, 0.3) is 0 Å². The fraction of sp³-hybridized carbons (Fsp3) is 0.583. The van der Waals surface area contributed by atoms with E-state index in [1.165, 1.54) is 0 Å². The second kappa shape index (κ2) is 3.72. The quantitative estimate of drug-likeness (QED) is 0.750. The van der Waals surface area contributed by atoms with Crippen LogP contribution in [0.3, 0.4) is 0 Å². The lowest BCUT2D eigenvalue weighted by molar-refractivity contribution is 0.00578. The number of rotatable bonds is 1. The highest BCUT2D eigenvalue weighted by atomic mass is 16.7. The van der Waals surface area contributed by atoms with Crippen LogP contribution in [0.15, 0.2) is 12.1 Å². The molecule has 1 fully saturated rings. The van der Waals surface area contributed by atoms with Gasteiger partial charge in [-0.05, 0) is 52.1 Å². The molecule has 92 valence electrons. The van der Waals surface area contributed by atoms with E-state index < -0.39 is 36.9 Å². The van der Waals surface area contributed by atoms with Gasteiger partial charge >= 0.3 is 7.12 Å². The second-order valence-electron chi connectivity index (χ2n) is 5.10. The monoisotopic (exact) mass is 239 g/mol. The number of nitrogens with zero attached hydrogens (tertiary/aromatic N) is 1. The van der Waals surface area contributed by atoms with Crippen molar-refractivity contribution in [2.75, 3.05) is 5.73 Å². The van der Waals surface area contributed by atoms with E-state index in [2.05, 4.69) is 4.98 Å². The third-order valence-corrected chi connectivity index (χ3v) is 3.24. The minimum Gasteiger partial charge on any atom is -0.399 e. The van der Waals surface area contributed by atoms with E-state index in [1.807, 2.05) is 27.7 Å². The maximum absolute atomic E-state index is 8.11. The maximum atomic E-state index is 8.11. The first-order valence-electron chi connectivity index (χ1n) is 7.90. The number of aromatic nitrogens is 1. The summed E-state index contributed by atoms with van der Waals surface area (Å²) in [4.78, 5) is 3.68. The van der Waals surface area contributed by atoms with Crippen molar-refractivity contribution in [1.82, 2.24) is 4.98 Å². The van der Waals surface area contributed by atoms with Crippen LogP contribution in [0.2, 0.25) is 0 Å². The normalized spacial score (nSPS) is 26.8. The number of hydrogen-bond acceptors (Lipinski definition) is 4. The molecule has 0 spiro atoms. The third-order valence-electron chi connectivity index (χ3n) is 3.24. The molecule has 0 radical (unpaired) electrons. The van der Waals surface area contributed by atoms with Crippen molar-refractivity contribution in [3.8, 4) is 0 Å². The van der Waals surface area contributed by atoms with Crippen LogP contribution in [0.1, 0.15) is 40.2 Å². The SMILES string of the molecule is [2H]c1c(N)nc(C([2H])([2H])[2H])c([2H])c1B1OC(C)(C)C(C)(C)O1. The molecule has 0 unspecified atom stereocenters. The fourth-order valence-electron chi connectivity index (χ4n) is 1.55. The van der Waals surface area contributed by atoms with Crippen LogP contribution < -0.4 is 11.2 Å². The van der Waals surface area contributed by atoms with Crippen LogP contribution in [0.5, 0.6) is 0 Å². The molecule has 2 heterocycles. The average molecular weight is 239 g/mol. The third kappa shape index (κ3) is 2.17. The number of nitrogen functional groups attached to an aromatic ring is 1. The Balaban J connectivity index is 2.60. The topological polar surface area (TPSA) is 57.4 Å². The summed E-state index contributed by atoms with van der Waals surface area (Å²) in [7, 11) is -1.03. The lowest BCUT2D eigenvalue weighted by Crippen LogP contribution is -2.41. The molecule has 17 heavy (non-hydrogen) atoms. The molecule has 4 nitrogen and oxygen atoms in total. The minimum absolute atomic E-state index is 0.00252. The Labute approximate surface area is 110 Å². The Morgan fingerprint density at radius 3 is 2.41 bits per heavy atom. The lowest BCUT2D eigenvalue weighted by atomic mass is 9.79. The van der Waals surface area contributed by atoms with E-state index in [4.69, 9.17) is 21.9 Å². The van der Waals surface area contributed by atoms with Gasteiger partial charge in [0.05, 0.1) is 13.9 Å². The van der Waals surface area contributed by atoms with Crippen LogP contribution in [-0.4, -0.2) is 23.3 Å². The summed E-state index contributed by atoms with van der Waals surface area (Å²) in [5.74, 6) is -0.258. The predicted octanol–water partition coefficient (Wildman–Crippen LogP) is 1.27. The summed E-state index contributed by atoms with van der Waals surface area (Å²) < 4.78 is 50.1. The Kier molecular flexibility index (Phi) is 1.61. The molecule has 1 aliphatic rings. The van der Waals surface area contributed by atoms with Crippen LogP contribution in [0.4, 0.5) is 5.82 Å². The standard InChI is InChI=1S/C12H19BN2O2/c1-8-6-9(7-10(14)15-8)13-16-11(2,3)12(4,5)17-13/h6-7H,1-5H3,(H2,14,15)/i1D3,6D,7D. The van der Waals surface area contributed by atoms with E-state index in [0.717, 1.165) is 0 Å². The molecular weight excluding hydrogens is 215 g/mol. The van der Waals surface area contributed by atoms with E-state index in [1.54, 1.807) is 0 Å². The van der Waals surface area contributed by atoms with Crippen molar-refractivity contribution in [2.45, 2.75) is 45.7 Å².